The number of anilines is 3. The molecule has 7 heterocycles. The molecule has 2 amide bonds. The lowest BCUT2D eigenvalue weighted by Gasteiger charge is -2.30. The normalized spacial score (nSPS) is 29.7. The fraction of sp³-hybridized carbons (Fsp3) is 0.486. The van der Waals surface area contributed by atoms with E-state index < -0.39 is 82.6 Å². The summed E-state index contributed by atoms with van der Waals surface area (Å²) in [5, 5.41) is 5.28. The third-order valence-corrected chi connectivity index (χ3v) is 15.1. The van der Waals surface area contributed by atoms with Crippen molar-refractivity contribution in [3.63, 3.8) is 0 Å². The lowest BCUT2D eigenvalue weighted by molar-refractivity contribution is -0.124. The molecule has 8 rings (SSSR count). The second kappa shape index (κ2) is 19.4. The molecule has 64 heavy (non-hydrogen) atoms. The molecular formula is C35H42BF2N13O10P2S. The molecular weight excluding hydrogens is 905 g/mol. The Bertz CT molecular complexity index is 2590. The lowest BCUT2D eigenvalue weighted by atomic mass is 10.1. The number of hydrogen-bond acceptors (Lipinski definition) is 20. The number of nitrogen functional groups attached to an aromatic ring is 2. The molecule has 0 aliphatic carbocycles. The van der Waals surface area contributed by atoms with Gasteiger partial charge in [-0.1, -0.05) is 18.6 Å². The van der Waals surface area contributed by atoms with Crippen LogP contribution in [0, 0.1) is 0 Å². The highest BCUT2D eigenvalue weighted by molar-refractivity contribution is 8.54. The molecule has 2 radical (unpaired) electrons. The number of fused-ring (bicyclic) bond motifs is 4. The number of aromatic nitrogens is 8. The standard InChI is InChI=1S/C35H42BF2N13O10P2S/c36-62(54)56-11-20-29(25(38)35(58-20)51-17-48-27-31(41)44-15-46-33(27)51)61-63(55,64-13-18-5-7-19(8-6-18)49-23(53)10-42-22(52)4-2-1-3-9-39)57-12-21-28(60-62)24(37)34(59-21)50-16-47-26-30(40)43-14-45-32(26)50/h5-8,14-17,20-21,24-25,28-29,34-35H,1-4,9-13,39H2,(H,42,52)(H,49,53)(H2,40,43,45)(H2,41,44,46)/t20-,21-,24-,25-,28-,29-,34-,35-,62?,63?/m1/s1. The number of alkyl halides is 2. The van der Waals surface area contributed by atoms with Crippen molar-refractivity contribution in [2.24, 2.45) is 5.73 Å². The van der Waals surface area contributed by atoms with Crippen molar-refractivity contribution in [2.75, 3.05) is 43.1 Å². The maximum atomic E-state index is 16.8. The van der Waals surface area contributed by atoms with Gasteiger partial charge in [-0.25, -0.2) is 43.2 Å². The van der Waals surface area contributed by atoms with Crippen molar-refractivity contribution in [2.45, 2.75) is 80.7 Å². The molecule has 3 aliphatic heterocycles. The third-order valence-electron chi connectivity index (χ3n) is 10.4. The smallest absolute Gasteiger partial charge is 0.382 e. The zero-order valence-electron chi connectivity index (χ0n) is 33.6. The monoisotopic (exact) mass is 947 g/mol. The third kappa shape index (κ3) is 10.1. The SMILES string of the molecule is [B]P1(=O)OC[C@H]2O[C@@H](n3cnc4c(N)ncnc43)[C@H](F)[C@@H]2OP(=O)(SCc2ccc(NC(=O)CNC(=O)CCCCCN)cc2)OC[C@H]2O[C@@H](n3cnc4c(N)ncnc43)[C@H](F)[C@@H]2O1. The average molecular weight is 948 g/mol. The van der Waals surface area contributed by atoms with Crippen LogP contribution in [0.15, 0.2) is 49.6 Å². The molecule has 3 aliphatic rings. The van der Waals surface area contributed by atoms with Gasteiger partial charge in [0.2, 0.25) is 19.4 Å². The number of nitrogens with zero attached hydrogens (tertiary/aromatic N) is 8. The van der Waals surface area contributed by atoms with E-state index >= 15 is 8.78 Å². The van der Waals surface area contributed by atoms with Gasteiger partial charge >= 0.3 is 6.80 Å². The van der Waals surface area contributed by atoms with Gasteiger partial charge < -0.3 is 46.4 Å². The van der Waals surface area contributed by atoms with E-state index in [9.17, 15) is 18.7 Å². The summed E-state index contributed by atoms with van der Waals surface area (Å²) >= 11 is 0.669. The highest BCUT2D eigenvalue weighted by Gasteiger charge is 2.54. The van der Waals surface area contributed by atoms with Gasteiger partial charge in [0, 0.05) is 17.9 Å². The van der Waals surface area contributed by atoms with Gasteiger partial charge in [0.05, 0.1) is 32.4 Å². The molecule has 2 unspecified atom stereocenters. The van der Waals surface area contributed by atoms with Crippen molar-refractivity contribution >= 4 is 84.7 Å². The fourth-order valence-electron chi connectivity index (χ4n) is 7.17. The first-order valence-electron chi connectivity index (χ1n) is 19.8. The summed E-state index contributed by atoms with van der Waals surface area (Å²) in [5.74, 6) is -0.724. The van der Waals surface area contributed by atoms with E-state index in [0.29, 0.717) is 35.6 Å². The highest BCUT2D eigenvalue weighted by atomic mass is 32.7. The topological polar surface area (TPSA) is 313 Å². The zero-order chi connectivity index (χ0) is 45.2. The van der Waals surface area contributed by atoms with Crippen LogP contribution in [0.1, 0.15) is 43.7 Å². The Balaban J connectivity index is 1.02. The Morgan fingerprint density at radius 1 is 0.797 bits per heavy atom. The number of hydrogen-bond donors (Lipinski definition) is 5. The number of halogens is 2. The van der Waals surface area contributed by atoms with Crippen molar-refractivity contribution in [1.82, 2.24) is 44.4 Å². The Morgan fingerprint density at radius 2 is 1.38 bits per heavy atom. The van der Waals surface area contributed by atoms with E-state index in [1.165, 1.54) is 21.8 Å². The molecule has 0 bridgehead atoms. The minimum Gasteiger partial charge on any atom is -0.382 e. The van der Waals surface area contributed by atoms with Crippen LogP contribution in [0.3, 0.4) is 0 Å². The van der Waals surface area contributed by atoms with Crippen molar-refractivity contribution in [3.8, 4) is 0 Å². The Labute approximate surface area is 367 Å². The molecule has 29 heteroatoms. The largest absolute Gasteiger partial charge is 0.389 e. The fourth-order valence-corrected chi connectivity index (χ4v) is 11.6. The molecule has 5 aromatic rings. The predicted molar refractivity (Wildman–Crippen MR) is 227 cm³/mol. The molecule has 340 valence electrons. The number of carbonyl (C=O) groups is 2. The summed E-state index contributed by atoms with van der Waals surface area (Å²) in [6, 6.07) is 6.45. The van der Waals surface area contributed by atoms with Crippen LogP contribution >= 0.6 is 25.7 Å². The lowest BCUT2D eigenvalue weighted by Crippen LogP contribution is -2.37. The van der Waals surface area contributed by atoms with E-state index in [0.717, 1.165) is 25.5 Å². The predicted octanol–water partition coefficient (Wildman–Crippen LogP) is 3.01. The van der Waals surface area contributed by atoms with Gasteiger partial charge in [0.1, 0.15) is 48.1 Å². The van der Waals surface area contributed by atoms with E-state index in [2.05, 4.69) is 40.5 Å². The number of rotatable bonds is 13. The van der Waals surface area contributed by atoms with Crippen LogP contribution in [0.2, 0.25) is 0 Å². The van der Waals surface area contributed by atoms with Crippen molar-refractivity contribution in [3.05, 3.63) is 55.1 Å². The molecule has 3 fully saturated rings. The van der Waals surface area contributed by atoms with Crippen LogP contribution in [0.25, 0.3) is 22.3 Å². The second-order valence-corrected chi connectivity index (χ2v) is 20.4. The quantitative estimate of drug-likeness (QED) is 0.0643. The Kier molecular flexibility index (Phi) is 13.9. The summed E-state index contributed by atoms with van der Waals surface area (Å²) in [7, 11) is 1.30. The number of ether oxygens (including phenoxy) is 2. The summed E-state index contributed by atoms with van der Waals surface area (Å²) in [6.45, 7) is -5.71. The number of nitrogens with two attached hydrogens (primary N) is 3. The number of imidazole rings is 2. The maximum Gasteiger partial charge on any atom is 0.389 e. The Hall–Kier alpha value is -4.69. The number of nitrogens with one attached hydrogen (secondary N) is 2. The van der Waals surface area contributed by atoms with Gasteiger partial charge in [0.15, 0.2) is 47.7 Å². The van der Waals surface area contributed by atoms with E-state index in [1.807, 2.05) is 0 Å². The summed E-state index contributed by atoms with van der Waals surface area (Å²) in [5.41, 5.74) is 18.9. The molecule has 1 aromatic carbocycles. The number of benzene rings is 1. The Morgan fingerprint density at radius 3 is 1.97 bits per heavy atom. The minimum atomic E-state index is -4.70. The van der Waals surface area contributed by atoms with E-state index in [1.54, 1.807) is 24.3 Å². The van der Waals surface area contributed by atoms with Crippen molar-refractivity contribution < 1.29 is 55.1 Å². The van der Waals surface area contributed by atoms with Crippen LogP contribution in [0.5, 0.6) is 0 Å². The molecule has 4 aromatic heterocycles. The first-order valence-corrected chi connectivity index (χ1v) is 24.6. The van der Waals surface area contributed by atoms with Gasteiger partial charge in [-0.05, 0) is 48.5 Å². The van der Waals surface area contributed by atoms with E-state index in [-0.39, 0.29) is 58.6 Å². The number of unbranched alkanes of at least 4 members (excludes halogenated alkanes) is 2. The zero-order valence-corrected chi connectivity index (χ0v) is 36.2. The maximum absolute atomic E-state index is 16.8. The molecule has 0 saturated carbocycles. The van der Waals surface area contributed by atoms with E-state index in [4.69, 9.17) is 52.3 Å². The molecule has 23 nitrogen and oxygen atoms in total. The molecule has 8 N–H and O–H groups in total. The highest BCUT2D eigenvalue weighted by Crippen LogP contribution is 2.65. The number of carbonyl (C=O) groups excluding carboxylic acids is 2. The van der Waals surface area contributed by atoms with Crippen LogP contribution in [0.4, 0.5) is 26.1 Å². The van der Waals surface area contributed by atoms with Gasteiger partial charge in [-0.15, -0.1) is 0 Å². The van der Waals surface area contributed by atoms with Crippen molar-refractivity contribution in [1.29, 1.82) is 0 Å². The van der Waals surface area contributed by atoms with Crippen LogP contribution < -0.4 is 27.8 Å². The first kappa shape index (κ1) is 45.9. The summed E-state index contributed by atoms with van der Waals surface area (Å²) < 4.78 is 99.5. The van der Waals surface area contributed by atoms with Gasteiger partial charge in [0.25, 0.3) is 7.47 Å². The first-order chi connectivity index (χ1) is 30.7. The average Bonchev–Trinajstić information content (AvgIpc) is 4.04. The number of amides is 2. The van der Waals surface area contributed by atoms with Gasteiger partial charge in [-0.3, -0.25) is 32.3 Å². The minimum absolute atomic E-state index is 0.0164. The summed E-state index contributed by atoms with van der Waals surface area (Å²) in [4.78, 5) is 49.0. The summed E-state index contributed by atoms with van der Waals surface area (Å²) in [6.07, 6.45) is -6.42. The molecule has 3 saturated heterocycles. The molecule has 0 spiro atoms. The van der Waals surface area contributed by atoms with Crippen LogP contribution in [-0.4, -0.2) is 121 Å². The molecule has 10 atom stereocenters. The van der Waals surface area contributed by atoms with Gasteiger partial charge in [-0.2, -0.15) is 0 Å². The second-order valence-electron chi connectivity index (χ2n) is 14.8. The van der Waals surface area contributed by atoms with Crippen LogP contribution in [-0.2, 0) is 52.0 Å².